The van der Waals surface area contributed by atoms with Gasteiger partial charge in [-0.05, 0) is 12.8 Å². The van der Waals surface area contributed by atoms with E-state index in [-0.39, 0.29) is 11.8 Å². The first-order valence-corrected chi connectivity index (χ1v) is 8.39. The summed E-state index contributed by atoms with van der Waals surface area (Å²) in [5, 5.41) is 3.11. The fraction of sp³-hybridized carbons (Fsp3) is 0.889. The summed E-state index contributed by atoms with van der Waals surface area (Å²) in [5.74, 6) is 1.55. The zero-order valence-electron chi connectivity index (χ0n) is 8.86. The zero-order valence-corrected chi connectivity index (χ0v) is 11.3. The van der Waals surface area contributed by atoms with Crippen LogP contribution in [0.5, 0.6) is 0 Å². The van der Waals surface area contributed by atoms with Gasteiger partial charge >= 0.3 is 0 Å². The van der Waals surface area contributed by atoms with Gasteiger partial charge in [0, 0.05) is 11.8 Å². The van der Waals surface area contributed by atoms with Gasteiger partial charge in [-0.15, -0.1) is 0 Å². The topological polar surface area (TPSA) is 46.2 Å². The van der Waals surface area contributed by atoms with Crippen molar-refractivity contribution in [2.24, 2.45) is 0 Å². The molecule has 0 aromatic rings. The van der Waals surface area contributed by atoms with Gasteiger partial charge in [-0.25, -0.2) is 8.42 Å². The van der Waals surface area contributed by atoms with Gasteiger partial charge in [0.25, 0.3) is 0 Å². The molecule has 0 aliphatic carbocycles. The first kappa shape index (κ1) is 13.3. The molecule has 0 radical (unpaired) electrons. The highest BCUT2D eigenvalue weighted by atomic mass is 32.2. The van der Waals surface area contributed by atoms with Crippen LogP contribution in [0.3, 0.4) is 0 Å². The summed E-state index contributed by atoms with van der Waals surface area (Å²) in [7, 11) is -2.80. The van der Waals surface area contributed by atoms with Crippen molar-refractivity contribution in [2.75, 3.05) is 17.3 Å². The van der Waals surface area contributed by atoms with Crippen molar-refractivity contribution >= 4 is 38.1 Å². The van der Waals surface area contributed by atoms with Gasteiger partial charge in [0.05, 0.1) is 11.5 Å². The second kappa shape index (κ2) is 6.06. The monoisotopic (exact) mass is 267 g/mol. The number of unbranched alkanes of at least 4 members (excludes halogenated alkanes) is 1. The van der Waals surface area contributed by atoms with Crippen LogP contribution in [0.15, 0.2) is 0 Å². The van der Waals surface area contributed by atoms with E-state index < -0.39 is 9.84 Å². The summed E-state index contributed by atoms with van der Waals surface area (Å²) in [6.07, 6.45) is 3.00. The quantitative estimate of drug-likeness (QED) is 0.619. The number of hydrogen-bond acceptors (Lipinski definition) is 4. The average Bonchev–Trinajstić information content (AvgIpc) is 2.46. The fourth-order valence-corrected chi connectivity index (χ4v) is 4.38. The Hall–Kier alpha value is 0.190. The van der Waals surface area contributed by atoms with Crippen molar-refractivity contribution in [3.63, 3.8) is 0 Å². The van der Waals surface area contributed by atoms with Crippen LogP contribution in [-0.2, 0) is 9.84 Å². The average molecular weight is 267 g/mol. The SMILES string of the molecule is CCCCSC(=S)N[C@H]1CCS(=O)(=O)C1. The van der Waals surface area contributed by atoms with Crippen LogP contribution in [0.2, 0.25) is 0 Å². The molecule has 0 aromatic carbocycles. The van der Waals surface area contributed by atoms with Crippen molar-refractivity contribution in [1.29, 1.82) is 0 Å². The van der Waals surface area contributed by atoms with E-state index in [1.54, 1.807) is 11.8 Å². The van der Waals surface area contributed by atoms with E-state index in [1.807, 2.05) is 0 Å². The molecule has 6 heteroatoms. The molecule has 1 heterocycles. The second-order valence-electron chi connectivity index (χ2n) is 3.73. The Labute approximate surface area is 101 Å². The molecule has 1 fully saturated rings. The molecule has 0 aromatic heterocycles. The molecule has 1 rings (SSSR count). The van der Waals surface area contributed by atoms with Crippen LogP contribution in [0.4, 0.5) is 0 Å². The molecular weight excluding hydrogens is 250 g/mol. The lowest BCUT2D eigenvalue weighted by Crippen LogP contribution is -2.32. The van der Waals surface area contributed by atoms with Crippen molar-refractivity contribution < 1.29 is 8.42 Å². The number of rotatable bonds is 4. The number of thiocarbonyl (C=S) groups is 1. The minimum atomic E-state index is -2.80. The number of hydrogen-bond donors (Lipinski definition) is 1. The lowest BCUT2D eigenvalue weighted by Gasteiger charge is -2.12. The van der Waals surface area contributed by atoms with Crippen LogP contribution < -0.4 is 5.32 Å². The summed E-state index contributed by atoms with van der Waals surface area (Å²) in [5.41, 5.74) is 0. The lowest BCUT2D eigenvalue weighted by molar-refractivity contribution is 0.600. The van der Waals surface area contributed by atoms with E-state index in [1.165, 1.54) is 0 Å². The van der Waals surface area contributed by atoms with E-state index in [0.717, 1.165) is 22.9 Å². The highest BCUT2D eigenvalue weighted by molar-refractivity contribution is 8.22. The summed E-state index contributed by atoms with van der Waals surface area (Å²) in [6.45, 7) is 2.14. The largest absolute Gasteiger partial charge is 0.367 e. The van der Waals surface area contributed by atoms with Gasteiger partial charge in [0.2, 0.25) is 0 Å². The molecule has 88 valence electrons. The van der Waals surface area contributed by atoms with Crippen LogP contribution >= 0.6 is 24.0 Å². The Kier molecular flexibility index (Phi) is 5.35. The zero-order chi connectivity index (χ0) is 11.3. The van der Waals surface area contributed by atoms with E-state index >= 15 is 0 Å². The van der Waals surface area contributed by atoms with Crippen molar-refractivity contribution in [2.45, 2.75) is 32.2 Å². The summed E-state index contributed by atoms with van der Waals surface area (Å²) in [6, 6.07) is 0.0385. The first-order chi connectivity index (χ1) is 7.03. The van der Waals surface area contributed by atoms with Gasteiger partial charge in [-0.3, -0.25) is 0 Å². The standard InChI is InChI=1S/C9H17NO2S3/c1-2-3-5-14-9(13)10-8-4-6-15(11,12)7-8/h8H,2-7H2,1H3,(H,10,13)/t8-/m0/s1. The minimum Gasteiger partial charge on any atom is -0.367 e. The van der Waals surface area contributed by atoms with Gasteiger partial charge in [-0.1, -0.05) is 37.3 Å². The maximum absolute atomic E-state index is 11.2. The van der Waals surface area contributed by atoms with Gasteiger partial charge < -0.3 is 5.32 Å². The normalized spacial score (nSPS) is 23.9. The maximum Gasteiger partial charge on any atom is 0.152 e. The molecule has 0 saturated carbocycles. The Morgan fingerprint density at radius 2 is 2.33 bits per heavy atom. The highest BCUT2D eigenvalue weighted by Gasteiger charge is 2.27. The molecule has 0 amide bonds. The highest BCUT2D eigenvalue weighted by Crippen LogP contribution is 2.14. The number of nitrogens with one attached hydrogen (secondary N) is 1. The number of thioether (sulfide) groups is 1. The summed E-state index contributed by atoms with van der Waals surface area (Å²) < 4.78 is 23.1. The smallest absolute Gasteiger partial charge is 0.152 e. The Morgan fingerprint density at radius 3 is 2.87 bits per heavy atom. The predicted octanol–water partition coefficient (Wildman–Crippen LogP) is 1.58. The fourth-order valence-electron chi connectivity index (χ4n) is 1.43. The van der Waals surface area contributed by atoms with E-state index in [0.29, 0.717) is 12.2 Å². The maximum atomic E-state index is 11.2. The van der Waals surface area contributed by atoms with Crippen LogP contribution in [0.1, 0.15) is 26.2 Å². The Bertz CT molecular complexity index is 313. The van der Waals surface area contributed by atoms with Gasteiger partial charge in [0.1, 0.15) is 4.32 Å². The van der Waals surface area contributed by atoms with Crippen molar-refractivity contribution in [3.8, 4) is 0 Å². The molecule has 0 unspecified atom stereocenters. The summed E-state index contributed by atoms with van der Waals surface area (Å²) >= 11 is 6.75. The lowest BCUT2D eigenvalue weighted by atomic mass is 10.3. The van der Waals surface area contributed by atoms with E-state index in [2.05, 4.69) is 12.2 Å². The number of sulfone groups is 1. The molecule has 15 heavy (non-hydrogen) atoms. The van der Waals surface area contributed by atoms with E-state index in [4.69, 9.17) is 12.2 Å². The molecule has 1 aliphatic heterocycles. The molecule has 1 aliphatic rings. The molecule has 0 bridgehead atoms. The third kappa shape index (κ3) is 5.17. The molecule has 1 N–H and O–H groups in total. The molecular formula is C9H17NO2S3. The second-order valence-corrected chi connectivity index (χ2v) is 7.73. The van der Waals surface area contributed by atoms with Crippen molar-refractivity contribution in [3.05, 3.63) is 0 Å². The van der Waals surface area contributed by atoms with Crippen LogP contribution in [0.25, 0.3) is 0 Å². The van der Waals surface area contributed by atoms with Crippen molar-refractivity contribution in [1.82, 2.24) is 5.32 Å². The minimum absolute atomic E-state index is 0.0385. The molecule has 0 spiro atoms. The molecule has 3 nitrogen and oxygen atoms in total. The Morgan fingerprint density at radius 1 is 1.60 bits per heavy atom. The third-order valence-electron chi connectivity index (χ3n) is 2.29. The molecule has 1 saturated heterocycles. The van der Waals surface area contributed by atoms with Crippen LogP contribution in [0, 0.1) is 0 Å². The Balaban J connectivity index is 2.22. The van der Waals surface area contributed by atoms with E-state index in [9.17, 15) is 8.42 Å². The first-order valence-electron chi connectivity index (χ1n) is 5.17. The third-order valence-corrected chi connectivity index (χ3v) is 5.40. The predicted molar refractivity (Wildman–Crippen MR) is 70.2 cm³/mol. The van der Waals surface area contributed by atoms with Crippen LogP contribution in [-0.4, -0.2) is 36.0 Å². The molecule has 1 atom stereocenters. The van der Waals surface area contributed by atoms with Gasteiger partial charge in [-0.2, -0.15) is 0 Å². The van der Waals surface area contributed by atoms with Gasteiger partial charge in [0.15, 0.2) is 9.84 Å². The summed E-state index contributed by atoms with van der Waals surface area (Å²) in [4.78, 5) is 0.